The number of hydrogen-bond donors (Lipinski definition) is 1. The van der Waals surface area contributed by atoms with Gasteiger partial charge < -0.3 is 10.2 Å². The van der Waals surface area contributed by atoms with Crippen molar-refractivity contribution in [3.8, 4) is 5.69 Å². The van der Waals surface area contributed by atoms with Crippen LogP contribution in [0.3, 0.4) is 0 Å². The molecule has 29 heavy (non-hydrogen) atoms. The normalized spacial score (nSPS) is 10.6. The van der Waals surface area contributed by atoms with E-state index in [1.54, 1.807) is 25.7 Å². The second-order valence-corrected chi connectivity index (χ2v) is 7.61. The molecule has 3 aromatic rings. The van der Waals surface area contributed by atoms with E-state index in [0.29, 0.717) is 5.69 Å². The fourth-order valence-electron chi connectivity index (χ4n) is 2.90. The summed E-state index contributed by atoms with van der Waals surface area (Å²) in [6.45, 7) is 1.62. The number of carbonyl (C=O) groups excluding carboxylic acids is 2. The number of benzene rings is 2. The highest BCUT2D eigenvalue weighted by Gasteiger charge is 2.25. The summed E-state index contributed by atoms with van der Waals surface area (Å²) in [5.74, 6) is -0.644. The van der Waals surface area contributed by atoms with Crippen LogP contribution in [0.25, 0.3) is 5.69 Å². The Kier molecular flexibility index (Phi) is 6.61. The molecule has 2 aromatic carbocycles. The monoisotopic (exact) mass is 428 g/mol. The molecule has 150 valence electrons. The molecule has 2 amide bonds. The number of likely N-dealkylation sites (N-methyl/N-ethyl adjacent to an activating group) is 1. The fourth-order valence-corrected chi connectivity index (χ4v) is 3.80. The Morgan fingerprint density at radius 2 is 1.79 bits per heavy atom. The largest absolute Gasteiger partial charge is 0.332 e. The van der Waals surface area contributed by atoms with Crippen LogP contribution in [0.2, 0.25) is 5.15 Å². The zero-order valence-corrected chi connectivity index (χ0v) is 17.9. The molecule has 0 atom stereocenters. The lowest BCUT2D eigenvalue weighted by Gasteiger charge is -2.17. The van der Waals surface area contributed by atoms with Crippen molar-refractivity contribution in [3.63, 3.8) is 0 Å². The Labute approximate surface area is 178 Å². The highest BCUT2D eigenvalue weighted by molar-refractivity contribution is 7.98. The summed E-state index contributed by atoms with van der Waals surface area (Å²) in [6, 6.07) is 16.9. The number of hydrogen-bond acceptors (Lipinski definition) is 4. The molecule has 0 aliphatic rings. The number of aryl methyl sites for hydroxylation is 1. The molecule has 0 fully saturated rings. The van der Waals surface area contributed by atoms with E-state index in [9.17, 15) is 9.59 Å². The summed E-state index contributed by atoms with van der Waals surface area (Å²) in [5, 5.41) is 7.46. The van der Waals surface area contributed by atoms with Crippen molar-refractivity contribution in [2.24, 2.45) is 0 Å². The highest BCUT2D eigenvalue weighted by atomic mass is 35.5. The van der Waals surface area contributed by atoms with Gasteiger partial charge in [-0.15, -0.1) is 11.8 Å². The third-order valence-corrected chi connectivity index (χ3v) is 5.47. The predicted molar refractivity (Wildman–Crippen MR) is 117 cm³/mol. The van der Waals surface area contributed by atoms with Gasteiger partial charge in [-0.1, -0.05) is 41.9 Å². The first kappa shape index (κ1) is 21.0. The van der Waals surface area contributed by atoms with Crippen LogP contribution in [0.4, 0.5) is 5.69 Å². The van der Waals surface area contributed by atoms with Crippen LogP contribution in [0, 0.1) is 6.92 Å². The molecule has 0 saturated heterocycles. The average molecular weight is 429 g/mol. The number of anilines is 1. The summed E-state index contributed by atoms with van der Waals surface area (Å²) in [6.07, 6.45) is 1.94. The van der Waals surface area contributed by atoms with E-state index in [1.165, 1.54) is 9.58 Å². The van der Waals surface area contributed by atoms with Crippen LogP contribution in [0.1, 0.15) is 16.1 Å². The molecule has 0 aliphatic carbocycles. The van der Waals surface area contributed by atoms with Gasteiger partial charge in [-0.05, 0) is 37.4 Å². The molecule has 1 aromatic heterocycles. The Bertz CT molecular complexity index is 1040. The van der Waals surface area contributed by atoms with Gasteiger partial charge in [0.1, 0.15) is 5.15 Å². The maximum absolute atomic E-state index is 12.9. The number of rotatable bonds is 6. The molecule has 0 unspecified atom stereocenters. The minimum Gasteiger partial charge on any atom is -0.332 e. The lowest BCUT2D eigenvalue weighted by atomic mass is 10.2. The van der Waals surface area contributed by atoms with E-state index in [2.05, 4.69) is 10.4 Å². The zero-order valence-electron chi connectivity index (χ0n) is 16.3. The molecule has 0 bridgehead atoms. The molecule has 6 nitrogen and oxygen atoms in total. The topological polar surface area (TPSA) is 67.2 Å². The first-order valence-electron chi connectivity index (χ1n) is 8.91. The van der Waals surface area contributed by atoms with Crippen molar-refractivity contribution in [1.29, 1.82) is 0 Å². The SMILES string of the molecule is CSc1ccccc1NC(=O)CN(C)C(=O)c1c(C)nn(-c2ccccc2)c1Cl. The third-order valence-electron chi connectivity index (χ3n) is 4.33. The van der Waals surface area contributed by atoms with Crippen molar-refractivity contribution in [1.82, 2.24) is 14.7 Å². The van der Waals surface area contributed by atoms with E-state index < -0.39 is 0 Å². The molecule has 0 spiro atoms. The van der Waals surface area contributed by atoms with Gasteiger partial charge >= 0.3 is 0 Å². The van der Waals surface area contributed by atoms with Crippen LogP contribution < -0.4 is 5.32 Å². The number of aromatic nitrogens is 2. The molecule has 1 N–H and O–H groups in total. The van der Waals surface area contributed by atoms with Crippen molar-refractivity contribution in [2.75, 3.05) is 25.2 Å². The molecule has 0 radical (unpaired) electrons. The summed E-state index contributed by atoms with van der Waals surface area (Å²) < 4.78 is 1.52. The van der Waals surface area contributed by atoms with Crippen LogP contribution >= 0.6 is 23.4 Å². The number of nitrogens with zero attached hydrogens (tertiary/aromatic N) is 3. The molecule has 3 rings (SSSR count). The van der Waals surface area contributed by atoms with Crippen molar-refractivity contribution in [3.05, 3.63) is 71.0 Å². The van der Waals surface area contributed by atoms with Crippen LogP contribution in [0.5, 0.6) is 0 Å². The molecule has 1 heterocycles. The van der Waals surface area contributed by atoms with Crippen molar-refractivity contribution >= 4 is 40.9 Å². The van der Waals surface area contributed by atoms with Gasteiger partial charge in [0, 0.05) is 11.9 Å². The maximum atomic E-state index is 12.9. The van der Waals surface area contributed by atoms with Gasteiger partial charge in [0.15, 0.2) is 0 Å². The Morgan fingerprint density at radius 1 is 1.14 bits per heavy atom. The number of halogens is 1. The van der Waals surface area contributed by atoms with Gasteiger partial charge in [0.2, 0.25) is 5.91 Å². The Hall–Kier alpha value is -2.77. The van der Waals surface area contributed by atoms with E-state index >= 15 is 0 Å². The van der Waals surface area contributed by atoms with E-state index in [-0.39, 0.29) is 29.1 Å². The van der Waals surface area contributed by atoms with Crippen molar-refractivity contribution < 1.29 is 9.59 Å². The fraction of sp³-hybridized carbons (Fsp3) is 0.190. The van der Waals surface area contributed by atoms with Crippen LogP contribution in [-0.2, 0) is 4.79 Å². The minimum atomic E-state index is -0.358. The quantitative estimate of drug-likeness (QED) is 0.595. The van der Waals surface area contributed by atoms with Gasteiger partial charge in [-0.2, -0.15) is 5.10 Å². The standard InChI is InChI=1S/C21H21ClN4O2S/c1-14-19(20(22)26(24-14)15-9-5-4-6-10-15)21(28)25(2)13-18(27)23-16-11-7-8-12-17(16)29-3/h4-12H,13H2,1-3H3,(H,23,27). The molecular formula is C21H21ClN4O2S. The molecule has 8 heteroatoms. The number of carbonyl (C=O) groups is 2. The lowest BCUT2D eigenvalue weighted by molar-refractivity contribution is -0.116. The zero-order chi connectivity index (χ0) is 21.0. The van der Waals surface area contributed by atoms with Gasteiger partial charge in [-0.25, -0.2) is 4.68 Å². The van der Waals surface area contributed by atoms with Gasteiger partial charge in [-0.3, -0.25) is 9.59 Å². The van der Waals surface area contributed by atoms with Crippen LogP contribution in [0.15, 0.2) is 59.5 Å². The first-order chi connectivity index (χ1) is 13.9. The van der Waals surface area contributed by atoms with Crippen molar-refractivity contribution in [2.45, 2.75) is 11.8 Å². The number of nitrogens with one attached hydrogen (secondary N) is 1. The Morgan fingerprint density at radius 3 is 2.48 bits per heavy atom. The van der Waals surface area contributed by atoms with E-state index in [1.807, 2.05) is 60.9 Å². The maximum Gasteiger partial charge on any atom is 0.259 e. The number of amides is 2. The summed E-state index contributed by atoms with van der Waals surface area (Å²) in [4.78, 5) is 27.7. The van der Waals surface area contributed by atoms with E-state index in [4.69, 9.17) is 11.6 Å². The summed E-state index contributed by atoms with van der Waals surface area (Å²) in [5.41, 5.74) is 2.27. The second-order valence-electron chi connectivity index (χ2n) is 6.41. The third kappa shape index (κ3) is 4.63. The van der Waals surface area contributed by atoms with Gasteiger partial charge in [0.25, 0.3) is 5.91 Å². The molecular weight excluding hydrogens is 408 g/mol. The second kappa shape index (κ2) is 9.15. The van der Waals surface area contributed by atoms with E-state index in [0.717, 1.165) is 16.3 Å². The van der Waals surface area contributed by atoms with Gasteiger partial charge in [0.05, 0.1) is 29.2 Å². The average Bonchev–Trinajstić information content (AvgIpc) is 3.02. The summed E-state index contributed by atoms with van der Waals surface area (Å²) in [7, 11) is 1.57. The number of thioether (sulfide) groups is 1. The lowest BCUT2D eigenvalue weighted by Crippen LogP contribution is -2.35. The Balaban J connectivity index is 1.75. The first-order valence-corrected chi connectivity index (χ1v) is 10.5. The smallest absolute Gasteiger partial charge is 0.259 e. The molecule has 0 aliphatic heterocycles. The van der Waals surface area contributed by atoms with Crippen LogP contribution in [-0.4, -0.2) is 46.3 Å². The molecule has 0 saturated carbocycles. The highest BCUT2D eigenvalue weighted by Crippen LogP contribution is 2.26. The predicted octanol–water partition coefficient (Wildman–Crippen LogP) is 4.27. The summed E-state index contributed by atoms with van der Waals surface area (Å²) >= 11 is 8.00. The minimum absolute atomic E-state index is 0.103. The number of para-hydroxylation sites is 2.